The van der Waals surface area contributed by atoms with Crippen molar-refractivity contribution >= 4 is 17.8 Å². The number of carbonyl (C=O) groups is 3. The predicted octanol–water partition coefficient (Wildman–Crippen LogP) is -1.15. The third kappa shape index (κ3) is 1.45. The highest BCUT2D eigenvalue weighted by Gasteiger charge is 2.68. The van der Waals surface area contributed by atoms with Crippen LogP contribution in [0.3, 0.4) is 0 Å². The molecule has 2 aliphatic heterocycles. The second-order valence-electron chi connectivity index (χ2n) is 5.27. The Bertz CT molecular complexity index is 522. The van der Waals surface area contributed by atoms with Gasteiger partial charge in [-0.15, -0.1) is 0 Å². The van der Waals surface area contributed by atoms with Gasteiger partial charge in [0.25, 0.3) is 5.91 Å². The molecule has 1 saturated carbocycles. The van der Waals surface area contributed by atoms with Crippen LogP contribution in [0.25, 0.3) is 0 Å². The quantitative estimate of drug-likeness (QED) is 0.582. The largest absolute Gasteiger partial charge is 0.457 e. The van der Waals surface area contributed by atoms with Crippen LogP contribution in [-0.4, -0.2) is 40.7 Å². The van der Waals surface area contributed by atoms with E-state index in [4.69, 9.17) is 9.47 Å². The summed E-state index contributed by atoms with van der Waals surface area (Å²) in [6.45, 7) is 2.63. The Morgan fingerprint density at radius 2 is 2.21 bits per heavy atom. The Morgan fingerprint density at radius 3 is 2.84 bits per heavy atom. The lowest BCUT2D eigenvalue weighted by molar-refractivity contribution is -0.171. The number of carbonyl (C=O) groups excluding carboxylic acids is 3. The van der Waals surface area contributed by atoms with E-state index >= 15 is 0 Å². The van der Waals surface area contributed by atoms with Gasteiger partial charge in [-0.1, -0.05) is 0 Å². The first-order valence-corrected chi connectivity index (χ1v) is 5.95. The average Bonchev–Trinajstić information content (AvgIpc) is 2.71. The van der Waals surface area contributed by atoms with Gasteiger partial charge in [-0.05, 0) is 6.92 Å². The number of cyclic esters (lactones) is 1. The van der Waals surface area contributed by atoms with E-state index < -0.39 is 41.5 Å². The highest BCUT2D eigenvalue weighted by atomic mass is 16.6. The number of aliphatic hydroxyl groups is 1. The molecule has 1 amide bonds. The van der Waals surface area contributed by atoms with Crippen molar-refractivity contribution in [3.8, 4) is 0 Å². The maximum Gasteiger partial charge on any atom is 0.317 e. The zero-order valence-corrected chi connectivity index (χ0v) is 10.4. The van der Waals surface area contributed by atoms with Gasteiger partial charge >= 0.3 is 11.9 Å². The molecule has 5 atom stereocenters. The van der Waals surface area contributed by atoms with Crippen LogP contribution in [0.4, 0.5) is 0 Å². The minimum absolute atomic E-state index is 0.310. The molecule has 7 heteroatoms. The molecule has 0 spiro atoms. The molecule has 19 heavy (non-hydrogen) atoms. The maximum atomic E-state index is 11.8. The number of rotatable bonds is 1. The lowest BCUT2D eigenvalue weighted by Gasteiger charge is -2.32. The van der Waals surface area contributed by atoms with Gasteiger partial charge < -0.3 is 19.9 Å². The SMILES string of the molecule is CC(=O)O[C@H]1[C@H]2NC(=O)C3=COC(=O)[C@@H]([C@@H]32)[C@@]1(C)O. The van der Waals surface area contributed by atoms with Crippen LogP contribution < -0.4 is 5.32 Å². The van der Waals surface area contributed by atoms with Crippen molar-refractivity contribution in [2.24, 2.45) is 11.8 Å². The van der Waals surface area contributed by atoms with Gasteiger partial charge in [-0.3, -0.25) is 14.4 Å². The summed E-state index contributed by atoms with van der Waals surface area (Å²) in [6.07, 6.45) is 0.144. The number of esters is 2. The molecular weight excluding hydrogens is 254 g/mol. The van der Waals surface area contributed by atoms with E-state index in [0.29, 0.717) is 5.57 Å². The molecule has 0 radical (unpaired) electrons. The van der Waals surface area contributed by atoms with Crippen LogP contribution in [0.1, 0.15) is 13.8 Å². The zero-order chi connectivity index (χ0) is 13.9. The number of ether oxygens (including phenoxy) is 2. The number of nitrogens with one attached hydrogen (secondary N) is 1. The minimum Gasteiger partial charge on any atom is -0.457 e. The first-order valence-electron chi connectivity index (χ1n) is 5.95. The van der Waals surface area contributed by atoms with Crippen LogP contribution in [0, 0.1) is 11.8 Å². The summed E-state index contributed by atoms with van der Waals surface area (Å²) in [4.78, 5) is 34.8. The standard InChI is InChI=1S/C12H13NO6/c1-4(14)19-9-8-6-5(10(15)13-8)3-18-11(16)7(6)12(9,2)17/h3,6-9,17H,1-2H3,(H,13,15)/t6-,7-,8+,9+,12-/m1/s1. The molecule has 0 aromatic heterocycles. The van der Waals surface area contributed by atoms with Crippen molar-refractivity contribution in [2.45, 2.75) is 31.6 Å². The fourth-order valence-corrected chi connectivity index (χ4v) is 3.31. The molecular formula is C12H13NO6. The third-order valence-electron chi connectivity index (χ3n) is 4.05. The van der Waals surface area contributed by atoms with Gasteiger partial charge in [-0.2, -0.15) is 0 Å². The van der Waals surface area contributed by atoms with Gasteiger partial charge in [0.15, 0.2) is 6.10 Å². The lowest BCUT2D eigenvalue weighted by Crippen LogP contribution is -2.51. The van der Waals surface area contributed by atoms with E-state index in [1.165, 1.54) is 13.8 Å². The van der Waals surface area contributed by atoms with Crippen molar-refractivity contribution in [1.82, 2.24) is 5.32 Å². The van der Waals surface area contributed by atoms with E-state index in [0.717, 1.165) is 6.26 Å². The van der Waals surface area contributed by atoms with Crippen LogP contribution in [0.15, 0.2) is 11.8 Å². The fourth-order valence-electron chi connectivity index (χ4n) is 3.31. The minimum atomic E-state index is -1.58. The summed E-state index contributed by atoms with van der Waals surface area (Å²) in [5.74, 6) is -2.99. The maximum absolute atomic E-state index is 11.8. The van der Waals surface area contributed by atoms with Gasteiger partial charge in [0.05, 0.1) is 17.5 Å². The Labute approximate surface area is 108 Å². The van der Waals surface area contributed by atoms with Crippen LogP contribution in [0.5, 0.6) is 0 Å². The van der Waals surface area contributed by atoms with E-state index in [9.17, 15) is 19.5 Å². The highest BCUT2D eigenvalue weighted by Crippen LogP contribution is 2.50. The van der Waals surface area contributed by atoms with Crippen molar-refractivity contribution in [3.63, 3.8) is 0 Å². The fraction of sp³-hybridized carbons (Fsp3) is 0.583. The van der Waals surface area contributed by atoms with Gasteiger partial charge in [0, 0.05) is 12.8 Å². The normalized spacial score (nSPS) is 43.2. The Balaban J connectivity index is 2.07. The second-order valence-corrected chi connectivity index (χ2v) is 5.27. The monoisotopic (exact) mass is 267 g/mol. The van der Waals surface area contributed by atoms with E-state index in [1.807, 2.05) is 0 Å². The lowest BCUT2D eigenvalue weighted by atomic mass is 9.82. The molecule has 0 bridgehead atoms. The predicted molar refractivity (Wildman–Crippen MR) is 59.3 cm³/mol. The van der Waals surface area contributed by atoms with Crippen molar-refractivity contribution < 1.29 is 29.0 Å². The summed E-state index contributed by atoms with van der Waals surface area (Å²) in [5, 5.41) is 13.2. The Kier molecular flexibility index (Phi) is 2.28. The van der Waals surface area contributed by atoms with Crippen molar-refractivity contribution in [3.05, 3.63) is 11.8 Å². The molecule has 7 nitrogen and oxygen atoms in total. The summed E-state index contributed by atoms with van der Waals surface area (Å²) < 4.78 is 9.93. The zero-order valence-electron chi connectivity index (χ0n) is 10.4. The van der Waals surface area contributed by atoms with Crippen LogP contribution >= 0.6 is 0 Å². The summed E-state index contributed by atoms with van der Waals surface area (Å²) in [5.41, 5.74) is -1.27. The molecule has 3 aliphatic rings. The van der Waals surface area contributed by atoms with E-state index in [-0.39, 0.29) is 5.91 Å². The molecule has 0 aromatic rings. The molecule has 3 rings (SSSR count). The second kappa shape index (κ2) is 3.57. The average molecular weight is 267 g/mol. The number of amides is 1. The molecule has 1 aliphatic carbocycles. The van der Waals surface area contributed by atoms with E-state index in [2.05, 4.69) is 5.32 Å². The van der Waals surface area contributed by atoms with E-state index in [1.54, 1.807) is 0 Å². The first-order chi connectivity index (χ1) is 8.84. The van der Waals surface area contributed by atoms with Crippen molar-refractivity contribution in [2.75, 3.05) is 0 Å². The first kappa shape index (κ1) is 12.2. The Hall–Kier alpha value is -1.89. The van der Waals surface area contributed by atoms with Crippen LogP contribution in [-0.2, 0) is 23.9 Å². The summed E-state index contributed by atoms with van der Waals surface area (Å²) in [7, 11) is 0. The summed E-state index contributed by atoms with van der Waals surface area (Å²) in [6, 6.07) is -0.601. The van der Waals surface area contributed by atoms with Gasteiger partial charge in [-0.25, -0.2) is 0 Å². The molecule has 2 heterocycles. The molecule has 2 fully saturated rings. The smallest absolute Gasteiger partial charge is 0.317 e. The molecule has 1 saturated heterocycles. The van der Waals surface area contributed by atoms with Gasteiger partial charge in [0.1, 0.15) is 11.9 Å². The molecule has 102 valence electrons. The molecule has 0 aromatic carbocycles. The number of hydrogen-bond acceptors (Lipinski definition) is 6. The van der Waals surface area contributed by atoms with Crippen molar-refractivity contribution in [1.29, 1.82) is 0 Å². The third-order valence-corrected chi connectivity index (χ3v) is 4.05. The summed E-state index contributed by atoms with van der Waals surface area (Å²) >= 11 is 0. The number of hydrogen-bond donors (Lipinski definition) is 2. The topological polar surface area (TPSA) is 102 Å². The molecule has 0 unspecified atom stereocenters. The van der Waals surface area contributed by atoms with Crippen LogP contribution in [0.2, 0.25) is 0 Å². The Morgan fingerprint density at radius 1 is 1.53 bits per heavy atom. The van der Waals surface area contributed by atoms with Gasteiger partial charge in [0.2, 0.25) is 0 Å². The highest BCUT2D eigenvalue weighted by molar-refractivity contribution is 6.00. The molecule has 2 N–H and O–H groups in total.